The number of hydrogen-bond donors (Lipinski definition) is 1. The first-order chi connectivity index (χ1) is 9.15. The molecule has 2 atom stereocenters. The number of carbonyl (C=O) groups is 1. The minimum atomic E-state index is 0.0979. The quantitative estimate of drug-likeness (QED) is 0.903. The van der Waals surface area contributed by atoms with Crippen LogP contribution in [0.25, 0.3) is 11.4 Å². The second-order valence-corrected chi connectivity index (χ2v) is 5.02. The van der Waals surface area contributed by atoms with E-state index in [0.717, 1.165) is 17.7 Å². The van der Waals surface area contributed by atoms with Crippen molar-refractivity contribution in [1.29, 1.82) is 0 Å². The van der Waals surface area contributed by atoms with Gasteiger partial charge in [-0.15, -0.1) is 5.10 Å². The zero-order chi connectivity index (χ0) is 13.4. The Hall–Kier alpha value is -2.24. The van der Waals surface area contributed by atoms with Crippen LogP contribution in [0.3, 0.4) is 0 Å². The van der Waals surface area contributed by atoms with E-state index in [1.807, 2.05) is 24.3 Å². The van der Waals surface area contributed by atoms with Gasteiger partial charge in [0.2, 0.25) is 5.91 Å². The summed E-state index contributed by atoms with van der Waals surface area (Å²) in [7, 11) is 1.78. The van der Waals surface area contributed by atoms with Gasteiger partial charge in [-0.05, 0) is 34.9 Å². The van der Waals surface area contributed by atoms with Gasteiger partial charge in [-0.25, -0.2) is 4.68 Å². The van der Waals surface area contributed by atoms with Crippen molar-refractivity contribution in [3.63, 3.8) is 0 Å². The van der Waals surface area contributed by atoms with E-state index in [-0.39, 0.29) is 11.8 Å². The lowest BCUT2D eigenvalue weighted by molar-refractivity contribution is -0.117. The minimum Gasteiger partial charge on any atom is -0.326 e. The molecule has 1 heterocycles. The molecule has 3 rings (SSSR count). The Labute approximate surface area is 110 Å². The molecule has 6 nitrogen and oxygen atoms in total. The number of carbonyl (C=O) groups excluding carboxylic acids is 1. The fourth-order valence-corrected chi connectivity index (χ4v) is 2.13. The Morgan fingerprint density at radius 1 is 1.47 bits per heavy atom. The Bertz CT molecular complexity index is 621. The molecule has 1 saturated carbocycles. The molecule has 2 aromatic rings. The van der Waals surface area contributed by atoms with E-state index in [9.17, 15) is 4.79 Å². The molecule has 1 N–H and O–H groups in total. The second-order valence-electron chi connectivity index (χ2n) is 5.02. The average Bonchev–Trinajstić information content (AvgIpc) is 2.96. The molecular formula is C13H15N5O. The van der Waals surface area contributed by atoms with Gasteiger partial charge in [-0.1, -0.05) is 19.1 Å². The summed E-state index contributed by atoms with van der Waals surface area (Å²) in [6, 6.07) is 7.56. The highest BCUT2D eigenvalue weighted by Crippen LogP contribution is 2.38. The first kappa shape index (κ1) is 11.8. The van der Waals surface area contributed by atoms with Crippen LogP contribution >= 0.6 is 0 Å². The predicted molar refractivity (Wildman–Crippen MR) is 70.1 cm³/mol. The molecule has 1 aromatic carbocycles. The Morgan fingerprint density at radius 2 is 2.26 bits per heavy atom. The molecule has 2 unspecified atom stereocenters. The van der Waals surface area contributed by atoms with Crippen LogP contribution in [0.4, 0.5) is 5.69 Å². The third-order valence-electron chi connectivity index (χ3n) is 3.45. The van der Waals surface area contributed by atoms with Crippen LogP contribution in [0, 0.1) is 11.8 Å². The van der Waals surface area contributed by atoms with Crippen molar-refractivity contribution >= 4 is 11.6 Å². The summed E-state index contributed by atoms with van der Waals surface area (Å²) in [5.41, 5.74) is 1.67. The van der Waals surface area contributed by atoms with Crippen LogP contribution in [0.15, 0.2) is 24.3 Å². The highest BCUT2D eigenvalue weighted by molar-refractivity contribution is 5.94. The second kappa shape index (κ2) is 4.46. The third-order valence-corrected chi connectivity index (χ3v) is 3.45. The molecule has 0 radical (unpaired) electrons. The Kier molecular flexibility index (Phi) is 2.77. The standard InChI is InChI=1S/C13H15N5O/c1-8-6-11(8)13(19)14-10-5-3-4-9(7-10)12-15-16-17-18(12)2/h3-5,7-8,11H,6H2,1-2H3,(H,14,19). The lowest BCUT2D eigenvalue weighted by Crippen LogP contribution is -2.14. The van der Waals surface area contributed by atoms with E-state index in [2.05, 4.69) is 27.8 Å². The first-order valence-electron chi connectivity index (χ1n) is 6.29. The Morgan fingerprint density at radius 3 is 2.89 bits per heavy atom. The summed E-state index contributed by atoms with van der Waals surface area (Å²) < 4.78 is 1.60. The molecule has 1 fully saturated rings. The average molecular weight is 257 g/mol. The summed E-state index contributed by atoms with van der Waals surface area (Å²) >= 11 is 0. The first-order valence-corrected chi connectivity index (χ1v) is 6.29. The van der Waals surface area contributed by atoms with Crippen LogP contribution in [-0.2, 0) is 11.8 Å². The summed E-state index contributed by atoms with van der Waals surface area (Å²) in [6.07, 6.45) is 0.985. The number of nitrogens with zero attached hydrogens (tertiary/aromatic N) is 4. The van der Waals surface area contributed by atoms with Crippen LogP contribution < -0.4 is 5.32 Å². The molecule has 0 bridgehead atoms. The number of anilines is 1. The van der Waals surface area contributed by atoms with Crippen molar-refractivity contribution in [3.05, 3.63) is 24.3 Å². The van der Waals surface area contributed by atoms with Gasteiger partial charge in [0.1, 0.15) is 0 Å². The monoisotopic (exact) mass is 257 g/mol. The van der Waals surface area contributed by atoms with Gasteiger partial charge in [0.15, 0.2) is 5.82 Å². The lowest BCUT2D eigenvalue weighted by atomic mass is 10.2. The molecule has 1 aliphatic rings. The molecular weight excluding hydrogens is 242 g/mol. The summed E-state index contributed by atoms with van der Waals surface area (Å²) in [4.78, 5) is 11.9. The molecule has 6 heteroatoms. The van der Waals surface area contributed by atoms with Crippen molar-refractivity contribution in [2.24, 2.45) is 18.9 Å². The van der Waals surface area contributed by atoms with Crippen LogP contribution in [0.5, 0.6) is 0 Å². The van der Waals surface area contributed by atoms with Gasteiger partial charge in [0.05, 0.1) is 0 Å². The van der Waals surface area contributed by atoms with E-state index < -0.39 is 0 Å². The van der Waals surface area contributed by atoms with Crippen molar-refractivity contribution < 1.29 is 4.79 Å². The van der Waals surface area contributed by atoms with E-state index in [4.69, 9.17) is 0 Å². The number of rotatable bonds is 3. The predicted octanol–water partition coefficient (Wildman–Crippen LogP) is 1.47. The van der Waals surface area contributed by atoms with Gasteiger partial charge >= 0.3 is 0 Å². The highest BCUT2D eigenvalue weighted by Gasteiger charge is 2.39. The maximum absolute atomic E-state index is 11.9. The van der Waals surface area contributed by atoms with E-state index >= 15 is 0 Å². The van der Waals surface area contributed by atoms with Gasteiger partial charge < -0.3 is 5.32 Å². The normalized spacial score (nSPS) is 21.2. The SMILES string of the molecule is CC1CC1C(=O)Nc1cccc(-c2nnnn2C)c1. The summed E-state index contributed by atoms with van der Waals surface area (Å²) in [5, 5.41) is 14.3. The fourth-order valence-electron chi connectivity index (χ4n) is 2.13. The van der Waals surface area contributed by atoms with Gasteiger partial charge in [0.25, 0.3) is 0 Å². The molecule has 19 heavy (non-hydrogen) atoms. The van der Waals surface area contributed by atoms with E-state index in [1.165, 1.54) is 0 Å². The number of nitrogens with one attached hydrogen (secondary N) is 1. The fraction of sp³-hybridized carbons (Fsp3) is 0.385. The van der Waals surface area contributed by atoms with Crippen molar-refractivity contribution in [2.45, 2.75) is 13.3 Å². The number of aromatic nitrogens is 4. The van der Waals surface area contributed by atoms with Gasteiger partial charge in [-0.2, -0.15) is 0 Å². The highest BCUT2D eigenvalue weighted by atomic mass is 16.2. The zero-order valence-corrected chi connectivity index (χ0v) is 10.9. The number of amides is 1. The molecule has 0 saturated heterocycles. The van der Waals surface area contributed by atoms with Gasteiger partial charge in [-0.3, -0.25) is 4.79 Å². The number of tetrazole rings is 1. The van der Waals surface area contributed by atoms with Crippen LogP contribution in [0.1, 0.15) is 13.3 Å². The zero-order valence-electron chi connectivity index (χ0n) is 10.9. The largest absolute Gasteiger partial charge is 0.326 e. The minimum absolute atomic E-state index is 0.0979. The summed E-state index contributed by atoms with van der Waals surface area (Å²) in [6.45, 7) is 2.09. The maximum Gasteiger partial charge on any atom is 0.227 e. The molecule has 1 aromatic heterocycles. The molecule has 0 aliphatic heterocycles. The van der Waals surface area contributed by atoms with E-state index in [0.29, 0.717) is 11.7 Å². The molecule has 1 aliphatic carbocycles. The van der Waals surface area contributed by atoms with Crippen LogP contribution in [-0.4, -0.2) is 26.1 Å². The molecule has 98 valence electrons. The van der Waals surface area contributed by atoms with Crippen molar-refractivity contribution in [2.75, 3.05) is 5.32 Å². The van der Waals surface area contributed by atoms with Crippen molar-refractivity contribution in [3.8, 4) is 11.4 Å². The van der Waals surface area contributed by atoms with Crippen LogP contribution in [0.2, 0.25) is 0 Å². The Balaban J connectivity index is 1.80. The number of aryl methyl sites for hydroxylation is 1. The number of hydrogen-bond acceptors (Lipinski definition) is 4. The third kappa shape index (κ3) is 2.33. The smallest absolute Gasteiger partial charge is 0.227 e. The molecule has 0 spiro atoms. The topological polar surface area (TPSA) is 72.7 Å². The maximum atomic E-state index is 11.9. The van der Waals surface area contributed by atoms with Crippen molar-refractivity contribution in [1.82, 2.24) is 20.2 Å². The molecule has 1 amide bonds. The summed E-state index contributed by atoms with van der Waals surface area (Å²) in [5.74, 6) is 1.45. The van der Waals surface area contributed by atoms with E-state index in [1.54, 1.807) is 11.7 Å². The number of benzene rings is 1. The van der Waals surface area contributed by atoms with Gasteiger partial charge in [0, 0.05) is 24.2 Å². The lowest BCUT2D eigenvalue weighted by Gasteiger charge is -2.06.